The van der Waals surface area contributed by atoms with E-state index in [2.05, 4.69) is 22.9 Å². The van der Waals surface area contributed by atoms with Gasteiger partial charge in [0.15, 0.2) is 17.8 Å². The summed E-state index contributed by atoms with van der Waals surface area (Å²) in [5, 5.41) is 9.24. The second-order valence-electron chi connectivity index (χ2n) is 6.13. The van der Waals surface area contributed by atoms with Crippen LogP contribution in [-0.2, 0) is 0 Å². The first-order valence-corrected chi connectivity index (χ1v) is 10.1. The third-order valence-electron chi connectivity index (χ3n) is 3.98. The van der Waals surface area contributed by atoms with Gasteiger partial charge in [0, 0.05) is 10.0 Å². The molecule has 4 nitrogen and oxygen atoms in total. The van der Waals surface area contributed by atoms with Crippen molar-refractivity contribution in [3.8, 4) is 11.5 Å². The Balaban J connectivity index is 0.000000462. The van der Waals surface area contributed by atoms with Crippen LogP contribution < -0.4 is 10.5 Å². The Kier molecular flexibility index (Phi) is 15.7. The van der Waals surface area contributed by atoms with Crippen LogP contribution in [-0.4, -0.2) is 25.0 Å². The number of ether oxygens (including phenoxy) is 1. The van der Waals surface area contributed by atoms with Crippen LogP contribution in [0.3, 0.4) is 0 Å². The fourth-order valence-corrected chi connectivity index (χ4v) is 2.86. The normalized spacial score (nSPS) is 10.1. The highest BCUT2D eigenvalue weighted by Crippen LogP contribution is 2.31. The standard InChI is InChI=1S/C12H27N.C8H7BrO3/c1-2-3-4-5-6-7-8-9-10-11-12-13;1-12-8-3-6(9)5(4-10)2-7(8)11/h2-13H2,1H3;2-4,11H,1H3. The molecule has 0 heterocycles. The average Bonchev–Trinajstić information content (AvgIpc) is 2.62. The minimum absolute atomic E-state index is 0.0391. The van der Waals surface area contributed by atoms with Crippen LogP contribution in [0, 0.1) is 0 Å². The number of rotatable bonds is 12. The molecule has 0 aliphatic carbocycles. The summed E-state index contributed by atoms with van der Waals surface area (Å²) in [4.78, 5) is 10.4. The lowest BCUT2D eigenvalue weighted by Gasteiger charge is -2.04. The lowest BCUT2D eigenvalue weighted by Crippen LogP contribution is -1.97. The molecule has 1 aromatic carbocycles. The Bertz CT molecular complexity index is 456. The van der Waals surface area contributed by atoms with Crippen molar-refractivity contribution in [2.24, 2.45) is 5.73 Å². The molecule has 0 bridgehead atoms. The summed E-state index contributed by atoms with van der Waals surface area (Å²) in [7, 11) is 1.45. The third-order valence-corrected chi connectivity index (χ3v) is 4.67. The molecule has 0 fully saturated rings. The first-order valence-electron chi connectivity index (χ1n) is 9.32. The Morgan fingerprint density at radius 1 is 1.04 bits per heavy atom. The van der Waals surface area contributed by atoms with Crippen molar-refractivity contribution >= 4 is 22.2 Å². The molecule has 0 atom stereocenters. The Labute approximate surface area is 161 Å². The van der Waals surface area contributed by atoms with Gasteiger partial charge in [-0.2, -0.15) is 0 Å². The molecule has 5 heteroatoms. The molecule has 0 aromatic heterocycles. The molecule has 0 saturated heterocycles. The summed E-state index contributed by atoms with van der Waals surface area (Å²) in [6, 6.07) is 2.88. The van der Waals surface area contributed by atoms with Gasteiger partial charge in [0.1, 0.15) is 0 Å². The second kappa shape index (κ2) is 16.4. The first kappa shape index (κ1) is 23.9. The van der Waals surface area contributed by atoms with Crippen molar-refractivity contribution in [2.75, 3.05) is 13.7 Å². The number of unbranched alkanes of at least 4 members (excludes halogenated alkanes) is 9. The minimum Gasteiger partial charge on any atom is -0.504 e. The zero-order chi connectivity index (χ0) is 18.9. The number of benzene rings is 1. The number of phenolic OH excluding ortho intramolecular Hbond substituents is 1. The summed E-state index contributed by atoms with van der Waals surface area (Å²) in [6.07, 6.45) is 14.6. The summed E-state index contributed by atoms with van der Waals surface area (Å²) in [5.41, 5.74) is 5.82. The number of methoxy groups -OCH3 is 1. The van der Waals surface area contributed by atoms with E-state index >= 15 is 0 Å². The summed E-state index contributed by atoms with van der Waals surface area (Å²) in [5.74, 6) is 0.301. The van der Waals surface area contributed by atoms with E-state index in [4.69, 9.17) is 10.5 Å². The Hall–Kier alpha value is -1.07. The van der Waals surface area contributed by atoms with Crippen molar-refractivity contribution in [1.82, 2.24) is 0 Å². The predicted octanol–water partition coefficient (Wildman–Crippen LogP) is 5.84. The van der Waals surface area contributed by atoms with E-state index < -0.39 is 0 Å². The summed E-state index contributed by atoms with van der Waals surface area (Å²) in [6.45, 7) is 3.14. The van der Waals surface area contributed by atoms with Gasteiger partial charge in [-0.05, 0) is 41.0 Å². The first-order chi connectivity index (χ1) is 12.1. The maximum absolute atomic E-state index is 10.4. The van der Waals surface area contributed by atoms with Gasteiger partial charge in [0.25, 0.3) is 0 Å². The van der Waals surface area contributed by atoms with Gasteiger partial charge in [0.05, 0.1) is 7.11 Å². The zero-order valence-electron chi connectivity index (χ0n) is 15.7. The Morgan fingerprint density at radius 2 is 1.56 bits per heavy atom. The van der Waals surface area contributed by atoms with E-state index in [1.165, 1.54) is 77.4 Å². The molecule has 1 aromatic rings. The van der Waals surface area contributed by atoms with Crippen molar-refractivity contribution in [3.05, 3.63) is 22.2 Å². The fraction of sp³-hybridized carbons (Fsp3) is 0.650. The van der Waals surface area contributed by atoms with E-state index in [-0.39, 0.29) is 5.75 Å². The third kappa shape index (κ3) is 12.0. The molecule has 0 saturated carbocycles. The summed E-state index contributed by atoms with van der Waals surface area (Å²) >= 11 is 3.16. The highest BCUT2D eigenvalue weighted by molar-refractivity contribution is 9.10. The largest absolute Gasteiger partial charge is 0.504 e. The number of nitrogens with two attached hydrogens (primary N) is 1. The minimum atomic E-state index is -0.0391. The quantitative estimate of drug-likeness (QED) is 0.332. The second-order valence-corrected chi connectivity index (χ2v) is 6.99. The van der Waals surface area contributed by atoms with Gasteiger partial charge in [-0.25, -0.2) is 0 Å². The van der Waals surface area contributed by atoms with E-state index in [1.807, 2.05) is 0 Å². The van der Waals surface area contributed by atoms with Crippen molar-refractivity contribution < 1.29 is 14.6 Å². The molecule has 1 rings (SSSR count). The number of hydrogen-bond donors (Lipinski definition) is 2. The molecule has 0 radical (unpaired) electrons. The van der Waals surface area contributed by atoms with E-state index in [9.17, 15) is 9.90 Å². The van der Waals surface area contributed by atoms with Gasteiger partial charge in [-0.1, -0.05) is 64.7 Å². The van der Waals surface area contributed by atoms with Crippen LogP contribution in [0.4, 0.5) is 0 Å². The topological polar surface area (TPSA) is 72.5 Å². The van der Waals surface area contributed by atoms with Gasteiger partial charge in [0.2, 0.25) is 0 Å². The number of aldehydes is 1. The van der Waals surface area contributed by atoms with Crippen LogP contribution in [0.15, 0.2) is 16.6 Å². The number of phenols is 1. The van der Waals surface area contributed by atoms with Crippen LogP contribution in [0.25, 0.3) is 0 Å². The molecule has 3 N–H and O–H groups in total. The van der Waals surface area contributed by atoms with Gasteiger partial charge in [-0.3, -0.25) is 4.79 Å². The predicted molar refractivity (Wildman–Crippen MR) is 109 cm³/mol. The monoisotopic (exact) mass is 415 g/mol. The van der Waals surface area contributed by atoms with E-state index in [0.29, 0.717) is 22.1 Å². The lowest BCUT2D eigenvalue weighted by molar-refractivity contribution is 0.112. The summed E-state index contributed by atoms with van der Waals surface area (Å²) < 4.78 is 5.43. The van der Waals surface area contributed by atoms with Crippen molar-refractivity contribution in [3.63, 3.8) is 0 Å². The Morgan fingerprint density at radius 3 is 2.00 bits per heavy atom. The molecule has 0 aliphatic rings. The van der Waals surface area contributed by atoms with Crippen LogP contribution >= 0.6 is 15.9 Å². The molecular weight excluding hydrogens is 382 g/mol. The fourth-order valence-electron chi connectivity index (χ4n) is 2.45. The molecule has 0 amide bonds. The number of aromatic hydroxyl groups is 1. The molecule has 0 unspecified atom stereocenters. The van der Waals surface area contributed by atoms with Gasteiger partial charge in [-0.15, -0.1) is 0 Å². The number of carbonyl (C=O) groups is 1. The molecular formula is C20H34BrNO3. The van der Waals surface area contributed by atoms with Gasteiger partial charge >= 0.3 is 0 Å². The SMILES string of the molecule is CCCCCCCCCCCCN.COc1cc(Br)c(C=O)cc1O. The smallest absolute Gasteiger partial charge is 0.161 e. The number of halogens is 1. The number of hydrogen-bond acceptors (Lipinski definition) is 4. The molecule has 0 spiro atoms. The molecule has 144 valence electrons. The zero-order valence-corrected chi connectivity index (χ0v) is 17.3. The average molecular weight is 416 g/mol. The molecule has 25 heavy (non-hydrogen) atoms. The highest BCUT2D eigenvalue weighted by atomic mass is 79.9. The van der Waals surface area contributed by atoms with Crippen molar-refractivity contribution in [2.45, 2.75) is 71.1 Å². The number of carbonyl (C=O) groups excluding carboxylic acids is 1. The molecule has 0 aliphatic heterocycles. The van der Waals surface area contributed by atoms with Crippen LogP contribution in [0.1, 0.15) is 81.5 Å². The van der Waals surface area contributed by atoms with E-state index in [1.54, 1.807) is 6.07 Å². The van der Waals surface area contributed by atoms with Crippen LogP contribution in [0.5, 0.6) is 11.5 Å². The maximum Gasteiger partial charge on any atom is 0.161 e. The maximum atomic E-state index is 10.4. The highest BCUT2D eigenvalue weighted by Gasteiger charge is 2.06. The lowest BCUT2D eigenvalue weighted by atomic mass is 10.1. The van der Waals surface area contributed by atoms with E-state index in [0.717, 1.165) is 6.54 Å². The van der Waals surface area contributed by atoms with Crippen LogP contribution in [0.2, 0.25) is 0 Å². The van der Waals surface area contributed by atoms with Gasteiger partial charge < -0.3 is 15.6 Å². The van der Waals surface area contributed by atoms with Crippen molar-refractivity contribution in [1.29, 1.82) is 0 Å².